The third-order valence-electron chi connectivity index (χ3n) is 5.13. The highest BCUT2D eigenvalue weighted by Crippen LogP contribution is 2.30. The molecule has 0 saturated heterocycles. The van der Waals surface area contributed by atoms with Crippen LogP contribution in [0.3, 0.4) is 0 Å². The number of carbonyl (C=O) groups excluding carboxylic acids is 1. The molecular weight excluding hydrogens is 448 g/mol. The Kier molecular flexibility index (Phi) is 7.34. The minimum Gasteiger partial charge on any atom is -0.492 e. The zero-order chi connectivity index (χ0) is 24.2. The van der Waals surface area contributed by atoms with E-state index in [4.69, 9.17) is 4.74 Å². The summed E-state index contributed by atoms with van der Waals surface area (Å²) in [6.45, 7) is 6.13. The Balaban J connectivity index is 1.85. The smallest absolute Gasteiger partial charge is 0.270 e. The number of aromatic nitrogens is 1. The summed E-state index contributed by atoms with van der Waals surface area (Å²) in [6, 6.07) is 10.6. The van der Waals surface area contributed by atoms with Gasteiger partial charge >= 0.3 is 0 Å². The zero-order valence-corrected chi connectivity index (χ0v) is 19.5. The molecule has 0 aliphatic carbocycles. The van der Waals surface area contributed by atoms with Gasteiger partial charge in [0.25, 0.3) is 5.69 Å². The molecule has 1 heterocycles. The van der Waals surface area contributed by atoms with Crippen LogP contribution in [0, 0.1) is 10.1 Å². The molecule has 176 valence electrons. The van der Waals surface area contributed by atoms with E-state index in [9.17, 15) is 23.3 Å². The first-order valence-electron chi connectivity index (χ1n) is 10.5. The maximum Gasteiger partial charge on any atom is 0.270 e. The number of non-ortho nitro benzene ring substituents is 1. The number of hydrogen-bond donors (Lipinski definition) is 1. The first-order valence-corrected chi connectivity index (χ1v) is 11.9. The molecule has 3 aromatic rings. The van der Waals surface area contributed by atoms with Crippen LogP contribution in [0.5, 0.6) is 5.75 Å². The van der Waals surface area contributed by atoms with Crippen molar-refractivity contribution in [2.24, 2.45) is 0 Å². The van der Waals surface area contributed by atoms with Gasteiger partial charge in [-0.15, -0.1) is 0 Å². The lowest BCUT2D eigenvalue weighted by molar-refractivity contribution is -0.384. The zero-order valence-electron chi connectivity index (χ0n) is 18.6. The molecule has 0 spiro atoms. The summed E-state index contributed by atoms with van der Waals surface area (Å²) in [5.74, 6) is -0.151. The number of benzene rings is 2. The van der Waals surface area contributed by atoms with Crippen molar-refractivity contribution in [3.63, 3.8) is 0 Å². The monoisotopic (exact) mass is 474 g/mol. The van der Waals surface area contributed by atoms with Crippen molar-refractivity contribution < 1.29 is 22.9 Å². The molecule has 1 amide bonds. The van der Waals surface area contributed by atoms with Crippen LogP contribution in [-0.4, -0.2) is 47.8 Å². The quantitative estimate of drug-likeness (QED) is 0.354. The van der Waals surface area contributed by atoms with Crippen molar-refractivity contribution in [3.05, 3.63) is 58.8 Å². The molecule has 0 aliphatic heterocycles. The number of rotatable bonds is 10. The highest BCUT2D eigenvalue weighted by atomic mass is 32.2. The van der Waals surface area contributed by atoms with Gasteiger partial charge in [0.05, 0.1) is 11.5 Å². The molecule has 0 fully saturated rings. The second-order valence-corrected chi connectivity index (χ2v) is 9.08. The van der Waals surface area contributed by atoms with E-state index in [1.165, 1.54) is 28.6 Å². The van der Waals surface area contributed by atoms with Crippen LogP contribution in [0.2, 0.25) is 0 Å². The van der Waals surface area contributed by atoms with Crippen molar-refractivity contribution in [3.8, 4) is 5.75 Å². The Morgan fingerprint density at radius 1 is 1.12 bits per heavy atom. The highest BCUT2D eigenvalue weighted by molar-refractivity contribution is 7.89. The van der Waals surface area contributed by atoms with Crippen molar-refractivity contribution in [1.82, 2.24) is 8.87 Å². The molecule has 0 radical (unpaired) electrons. The summed E-state index contributed by atoms with van der Waals surface area (Å²) in [5.41, 5.74) is 0.967. The van der Waals surface area contributed by atoms with Crippen LogP contribution < -0.4 is 10.1 Å². The molecule has 3 rings (SSSR count). The first-order chi connectivity index (χ1) is 15.7. The minimum absolute atomic E-state index is 0.00965. The molecule has 0 atom stereocenters. The summed E-state index contributed by atoms with van der Waals surface area (Å²) in [4.78, 5) is 23.2. The lowest BCUT2D eigenvalue weighted by Gasteiger charge is -2.21. The summed E-state index contributed by atoms with van der Waals surface area (Å²) in [5, 5.41) is 14.3. The van der Waals surface area contributed by atoms with Gasteiger partial charge in [-0.3, -0.25) is 14.9 Å². The van der Waals surface area contributed by atoms with E-state index in [0.717, 1.165) is 0 Å². The number of nitrogens with one attached hydrogen (secondary N) is 1. The highest BCUT2D eigenvalue weighted by Gasteiger charge is 2.26. The van der Waals surface area contributed by atoms with Gasteiger partial charge in [-0.25, -0.2) is 8.42 Å². The van der Waals surface area contributed by atoms with E-state index in [-0.39, 0.29) is 28.8 Å². The predicted octanol–water partition coefficient (Wildman–Crippen LogP) is 3.62. The third-order valence-corrected chi connectivity index (χ3v) is 7.20. The number of carbonyl (C=O) groups is 1. The Hall–Kier alpha value is -3.44. The minimum atomic E-state index is -3.81. The van der Waals surface area contributed by atoms with Gasteiger partial charge < -0.3 is 14.6 Å². The average molecular weight is 475 g/mol. The largest absolute Gasteiger partial charge is 0.492 e. The fourth-order valence-corrected chi connectivity index (χ4v) is 5.17. The van der Waals surface area contributed by atoms with Crippen molar-refractivity contribution >= 4 is 38.2 Å². The van der Waals surface area contributed by atoms with Gasteiger partial charge in [-0.05, 0) is 37.3 Å². The number of ether oxygens (including phenoxy) is 1. The van der Waals surface area contributed by atoms with Crippen LogP contribution >= 0.6 is 0 Å². The number of hydrogen-bond acceptors (Lipinski definition) is 6. The summed E-state index contributed by atoms with van der Waals surface area (Å²) in [6.07, 6.45) is 1.67. The molecule has 0 aliphatic rings. The summed E-state index contributed by atoms with van der Waals surface area (Å²) >= 11 is 0. The number of amides is 1. The molecular formula is C22H26N4O6S. The standard InChI is InChI=1S/C22H26N4O6S/c1-4-25(5-2)33(30,31)21-14-17(7-10-20(21)32-6-3)23-22(27)15-24-12-11-16-13-18(26(28)29)8-9-19(16)24/h7-14H,4-6,15H2,1-3H3,(H,23,27). The Bertz CT molecular complexity index is 1280. The van der Waals surface area contributed by atoms with Gasteiger partial charge in [0.1, 0.15) is 17.2 Å². The lowest BCUT2D eigenvalue weighted by atomic mass is 10.2. The SMILES string of the molecule is CCOc1ccc(NC(=O)Cn2ccc3cc([N+](=O)[O-])ccc32)cc1S(=O)(=O)N(CC)CC. The molecule has 33 heavy (non-hydrogen) atoms. The number of nitrogens with zero attached hydrogens (tertiary/aromatic N) is 3. The van der Waals surface area contributed by atoms with Crippen molar-refractivity contribution in [2.75, 3.05) is 25.0 Å². The fraction of sp³-hybridized carbons (Fsp3) is 0.318. The second-order valence-electron chi connectivity index (χ2n) is 7.18. The van der Waals surface area contributed by atoms with E-state index >= 15 is 0 Å². The number of nitro groups is 1. The summed E-state index contributed by atoms with van der Waals surface area (Å²) < 4.78 is 34.7. The normalized spacial score (nSPS) is 11.6. The number of sulfonamides is 1. The molecule has 1 aromatic heterocycles. The van der Waals surface area contributed by atoms with Gasteiger partial charge in [-0.1, -0.05) is 13.8 Å². The van der Waals surface area contributed by atoms with Gasteiger partial charge in [0.15, 0.2) is 0 Å². The van der Waals surface area contributed by atoms with Crippen LogP contribution in [0.1, 0.15) is 20.8 Å². The Labute approximate surface area is 192 Å². The van der Waals surface area contributed by atoms with Crippen LogP contribution in [0.15, 0.2) is 53.6 Å². The van der Waals surface area contributed by atoms with Crippen molar-refractivity contribution in [2.45, 2.75) is 32.2 Å². The molecule has 2 aromatic carbocycles. The number of nitro benzene ring substituents is 1. The lowest BCUT2D eigenvalue weighted by Crippen LogP contribution is -2.31. The van der Waals surface area contributed by atoms with Crippen molar-refractivity contribution in [1.29, 1.82) is 0 Å². The maximum atomic E-state index is 13.1. The Morgan fingerprint density at radius 2 is 1.85 bits per heavy atom. The molecule has 1 N–H and O–H groups in total. The summed E-state index contributed by atoms with van der Waals surface area (Å²) in [7, 11) is -3.81. The maximum absolute atomic E-state index is 13.1. The van der Waals surface area contributed by atoms with Gasteiger partial charge in [0, 0.05) is 48.0 Å². The van der Waals surface area contributed by atoms with Gasteiger partial charge in [0.2, 0.25) is 15.9 Å². The average Bonchev–Trinajstić information content (AvgIpc) is 3.17. The van der Waals surface area contributed by atoms with Crippen LogP contribution in [-0.2, 0) is 21.4 Å². The molecule has 0 unspecified atom stereocenters. The predicted molar refractivity (Wildman–Crippen MR) is 125 cm³/mol. The van der Waals surface area contributed by atoms with Gasteiger partial charge in [-0.2, -0.15) is 4.31 Å². The van der Waals surface area contributed by atoms with Crippen LogP contribution in [0.25, 0.3) is 10.9 Å². The molecule has 0 saturated carbocycles. The fourth-order valence-electron chi connectivity index (χ4n) is 3.56. The molecule has 0 bridgehead atoms. The van der Waals surface area contributed by atoms with E-state index < -0.39 is 14.9 Å². The van der Waals surface area contributed by atoms with E-state index in [0.29, 0.717) is 36.3 Å². The van der Waals surface area contributed by atoms with Crippen LogP contribution in [0.4, 0.5) is 11.4 Å². The Morgan fingerprint density at radius 3 is 2.48 bits per heavy atom. The van der Waals surface area contributed by atoms with E-state index in [1.807, 2.05) is 0 Å². The number of fused-ring (bicyclic) bond motifs is 1. The third kappa shape index (κ3) is 5.15. The second kappa shape index (κ2) is 10.0. The molecule has 10 nitrogen and oxygen atoms in total. The first kappa shape index (κ1) is 24.2. The number of anilines is 1. The van der Waals surface area contributed by atoms with E-state index in [1.54, 1.807) is 49.7 Å². The molecule has 11 heteroatoms. The van der Waals surface area contributed by atoms with E-state index in [2.05, 4.69) is 5.32 Å². The topological polar surface area (TPSA) is 124 Å².